The topological polar surface area (TPSA) is 108 Å². The smallest absolute Gasteiger partial charge is 0.358 e. The van der Waals surface area contributed by atoms with E-state index in [4.69, 9.17) is 11.6 Å². The monoisotopic (exact) mass is 452 g/mol. The summed E-state index contributed by atoms with van der Waals surface area (Å²) < 4.78 is 3.18. The van der Waals surface area contributed by atoms with Gasteiger partial charge in [-0.15, -0.1) is 0 Å². The van der Waals surface area contributed by atoms with Crippen molar-refractivity contribution in [2.24, 2.45) is 0 Å². The summed E-state index contributed by atoms with van der Waals surface area (Å²) in [5.41, 5.74) is 1.90. The van der Waals surface area contributed by atoms with Gasteiger partial charge in [-0.25, -0.2) is 0 Å². The quantitative estimate of drug-likeness (QED) is 0.454. The van der Waals surface area contributed by atoms with Crippen molar-refractivity contribution in [3.05, 3.63) is 67.5 Å². The number of halogens is 2. The Morgan fingerprint density at radius 2 is 2.15 bits per heavy atom. The molecule has 0 aliphatic carbocycles. The Bertz CT molecular complexity index is 1020. The van der Waals surface area contributed by atoms with Crippen LogP contribution in [0.3, 0.4) is 0 Å². The Morgan fingerprint density at radius 3 is 2.81 bits per heavy atom. The van der Waals surface area contributed by atoms with Gasteiger partial charge in [0, 0.05) is 11.2 Å². The highest BCUT2D eigenvalue weighted by Gasteiger charge is 2.24. The van der Waals surface area contributed by atoms with Crippen molar-refractivity contribution >= 4 is 44.9 Å². The molecule has 9 nitrogen and oxygen atoms in total. The lowest BCUT2D eigenvalue weighted by Gasteiger charge is -2.04. The van der Waals surface area contributed by atoms with Crippen LogP contribution in [-0.2, 0) is 17.9 Å². The third-order valence-corrected chi connectivity index (χ3v) is 5.09. The molecule has 0 saturated carbocycles. The number of carbonyl (C=O) groups is 1. The number of anilines is 1. The number of nitro groups is 1. The minimum absolute atomic E-state index is 0.159. The van der Waals surface area contributed by atoms with Crippen molar-refractivity contribution in [3.8, 4) is 0 Å². The van der Waals surface area contributed by atoms with Gasteiger partial charge in [-0.2, -0.15) is 9.78 Å². The summed E-state index contributed by atoms with van der Waals surface area (Å²) in [5.74, 6) is -0.701. The van der Waals surface area contributed by atoms with E-state index in [1.165, 1.54) is 10.9 Å². The van der Waals surface area contributed by atoms with Gasteiger partial charge in [0.1, 0.15) is 11.0 Å². The van der Waals surface area contributed by atoms with E-state index in [-0.39, 0.29) is 22.7 Å². The van der Waals surface area contributed by atoms with Crippen LogP contribution < -0.4 is 5.32 Å². The Morgan fingerprint density at radius 1 is 1.41 bits per heavy atom. The average Bonchev–Trinajstić information content (AvgIpc) is 3.16. The number of rotatable bonds is 6. The number of amides is 1. The summed E-state index contributed by atoms with van der Waals surface area (Å²) >= 11 is 9.25. The largest absolute Gasteiger partial charge is 0.404 e. The molecule has 1 amide bonds. The first-order chi connectivity index (χ1) is 12.8. The summed E-state index contributed by atoms with van der Waals surface area (Å²) in [6, 6.07) is 7.43. The molecule has 0 spiro atoms. The molecule has 1 N–H and O–H groups in total. The molecular weight excluding hydrogens is 440 g/mol. The fourth-order valence-electron chi connectivity index (χ4n) is 2.43. The van der Waals surface area contributed by atoms with Gasteiger partial charge in [0.2, 0.25) is 5.91 Å². The Labute approximate surface area is 167 Å². The highest BCUT2D eigenvalue weighted by molar-refractivity contribution is 9.10. The van der Waals surface area contributed by atoms with Gasteiger partial charge >= 0.3 is 5.82 Å². The molecule has 0 saturated heterocycles. The van der Waals surface area contributed by atoms with Crippen LogP contribution in [-0.4, -0.2) is 30.4 Å². The molecule has 11 heteroatoms. The number of aromatic nitrogens is 4. The lowest BCUT2D eigenvalue weighted by Crippen LogP contribution is -2.20. The third-order valence-electron chi connectivity index (χ3n) is 3.79. The van der Waals surface area contributed by atoms with Crippen LogP contribution in [0, 0.1) is 17.0 Å². The molecule has 0 fully saturated rings. The number of hydrogen-bond acceptors (Lipinski definition) is 5. The van der Waals surface area contributed by atoms with Crippen LogP contribution in [0.5, 0.6) is 0 Å². The van der Waals surface area contributed by atoms with Crippen LogP contribution in [0.2, 0.25) is 5.02 Å². The summed E-state index contributed by atoms with van der Waals surface area (Å²) in [6.07, 6.45) is 3.19. The van der Waals surface area contributed by atoms with Crippen molar-refractivity contribution in [2.45, 2.75) is 20.0 Å². The molecule has 3 rings (SSSR count). The fourth-order valence-corrected chi connectivity index (χ4v) is 3.06. The third kappa shape index (κ3) is 4.34. The van der Waals surface area contributed by atoms with E-state index in [2.05, 4.69) is 31.4 Å². The van der Waals surface area contributed by atoms with E-state index >= 15 is 0 Å². The van der Waals surface area contributed by atoms with Crippen LogP contribution in [0.4, 0.5) is 11.5 Å². The van der Waals surface area contributed by atoms with E-state index in [9.17, 15) is 14.9 Å². The molecule has 3 aromatic rings. The van der Waals surface area contributed by atoms with Gasteiger partial charge in [-0.3, -0.25) is 9.48 Å². The van der Waals surface area contributed by atoms with Crippen molar-refractivity contribution in [1.29, 1.82) is 0 Å². The Hall–Kier alpha value is -2.72. The first kappa shape index (κ1) is 19.1. The fraction of sp³-hybridized carbons (Fsp3) is 0.188. The standard InChI is InChI=1S/C16H14BrClN6O3/c1-10-15(17)16(24(26)27)21-23(10)9-14(25)20-12-6-19-22(8-12)7-11-4-2-3-5-13(11)18/h2-6,8H,7,9H2,1H3,(H,20,25). The molecule has 140 valence electrons. The highest BCUT2D eigenvalue weighted by atomic mass is 79.9. The SMILES string of the molecule is Cc1c(Br)c([N+](=O)[O-])nn1CC(=O)Nc1cnn(Cc2ccccc2Cl)c1. The lowest BCUT2D eigenvalue weighted by molar-refractivity contribution is -0.390. The number of nitrogens with zero attached hydrogens (tertiary/aromatic N) is 5. The highest BCUT2D eigenvalue weighted by Crippen LogP contribution is 2.26. The van der Waals surface area contributed by atoms with Gasteiger partial charge < -0.3 is 15.4 Å². The zero-order valence-corrected chi connectivity index (χ0v) is 16.4. The summed E-state index contributed by atoms with van der Waals surface area (Å²) in [6.45, 7) is 1.94. The molecule has 1 aromatic carbocycles. The number of nitrogens with one attached hydrogen (secondary N) is 1. The molecule has 0 atom stereocenters. The predicted octanol–water partition coefficient (Wildman–Crippen LogP) is 3.40. The first-order valence-electron chi connectivity index (χ1n) is 7.78. The van der Waals surface area contributed by atoms with Crippen molar-refractivity contribution in [2.75, 3.05) is 5.32 Å². The molecule has 0 bridgehead atoms. The average molecular weight is 454 g/mol. The van der Waals surface area contributed by atoms with Crippen LogP contribution in [0.25, 0.3) is 0 Å². The normalized spacial score (nSPS) is 10.8. The van der Waals surface area contributed by atoms with E-state index in [1.807, 2.05) is 18.2 Å². The Balaban J connectivity index is 1.66. The van der Waals surface area contributed by atoms with Gasteiger partial charge in [-0.1, -0.05) is 29.8 Å². The van der Waals surface area contributed by atoms with Gasteiger partial charge in [-0.05, 0) is 39.4 Å². The number of hydrogen-bond donors (Lipinski definition) is 1. The van der Waals surface area contributed by atoms with E-state index in [1.54, 1.807) is 23.9 Å². The summed E-state index contributed by atoms with van der Waals surface area (Å²) in [5, 5.41) is 22.3. The van der Waals surface area contributed by atoms with Crippen molar-refractivity contribution in [1.82, 2.24) is 19.6 Å². The molecule has 0 radical (unpaired) electrons. The molecule has 0 unspecified atom stereocenters. The molecule has 27 heavy (non-hydrogen) atoms. The second kappa shape index (κ2) is 7.89. The van der Waals surface area contributed by atoms with Crippen molar-refractivity contribution in [3.63, 3.8) is 0 Å². The van der Waals surface area contributed by atoms with Crippen LogP contribution in [0.1, 0.15) is 11.3 Å². The molecule has 2 heterocycles. The van der Waals surface area contributed by atoms with Gasteiger partial charge in [0.05, 0.1) is 29.2 Å². The number of benzene rings is 1. The molecule has 0 aliphatic rings. The molecule has 2 aromatic heterocycles. The zero-order chi connectivity index (χ0) is 19.6. The second-order valence-electron chi connectivity index (χ2n) is 5.70. The van der Waals surface area contributed by atoms with E-state index in [0.29, 0.717) is 22.9 Å². The van der Waals surface area contributed by atoms with E-state index < -0.39 is 4.92 Å². The van der Waals surface area contributed by atoms with Gasteiger partial charge in [0.15, 0.2) is 0 Å². The van der Waals surface area contributed by atoms with Crippen molar-refractivity contribution < 1.29 is 9.72 Å². The van der Waals surface area contributed by atoms with Crippen LogP contribution in [0.15, 0.2) is 41.1 Å². The molecule has 0 aliphatic heterocycles. The zero-order valence-electron chi connectivity index (χ0n) is 14.1. The van der Waals surface area contributed by atoms with Gasteiger partial charge in [0.25, 0.3) is 0 Å². The lowest BCUT2D eigenvalue weighted by atomic mass is 10.2. The minimum Gasteiger partial charge on any atom is -0.358 e. The maximum atomic E-state index is 12.2. The van der Waals surface area contributed by atoms with E-state index in [0.717, 1.165) is 5.56 Å². The minimum atomic E-state index is -0.607. The maximum absolute atomic E-state index is 12.2. The maximum Gasteiger partial charge on any atom is 0.404 e. The number of carbonyl (C=O) groups excluding carboxylic acids is 1. The molecular formula is C16H14BrClN6O3. The predicted molar refractivity (Wildman–Crippen MR) is 103 cm³/mol. The summed E-state index contributed by atoms with van der Waals surface area (Å²) in [7, 11) is 0. The second-order valence-corrected chi connectivity index (χ2v) is 6.90. The first-order valence-corrected chi connectivity index (χ1v) is 8.95. The Kier molecular flexibility index (Phi) is 5.57. The van der Waals surface area contributed by atoms with Crippen LogP contribution >= 0.6 is 27.5 Å². The summed E-state index contributed by atoms with van der Waals surface area (Å²) in [4.78, 5) is 22.5.